The number of rotatable bonds is 6. The van der Waals surface area contributed by atoms with Crippen LogP contribution in [0.5, 0.6) is 11.5 Å². The minimum atomic E-state index is -0.299. The summed E-state index contributed by atoms with van der Waals surface area (Å²) < 4.78 is 4.97. The molecule has 7 nitrogen and oxygen atoms in total. The average molecular weight is 357 g/mol. The summed E-state index contributed by atoms with van der Waals surface area (Å²) in [4.78, 5) is 23.8. The van der Waals surface area contributed by atoms with E-state index < -0.39 is 0 Å². The van der Waals surface area contributed by atoms with E-state index in [9.17, 15) is 14.7 Å². The molecule has 0 unspecified atom stereocenters. The van der Waals surface area contributed by atoms with Crippen molar-refractivity contribution in [3.8, 4) is 11.5 Å². The molecule has 0 spiro atoms. The Morgan fingerprint density at radius 3 is 2.38 bits per heavy atom. The molecule has 2 rings (SSSR count). The van der Waals surface area contributed by atoms with Crippen LogP contribution in [0, 0.1) is 0 Å². The van der Waals surface area contributed by atoms with Crippen molar-refractivity contribution in [1.82, 2.24) is 10.6 Å². The molecule has 0 atom stereocenters. The Morgan fingerprint density at radius 1 is 1.12 bits per heavy atom. The van der Waals surface area contributed by atoms with E-state index in [1.165, 1.54) is 13.2 Å². The first kappa shape index (κ1) is 19.1. The van der Waals surface area contributed by atoms with Gasteiger partial charge in [-0.3, -0.25) is 4.79 Å². The number of methoxy groups -OCH3 is 1. The molecule has 7 heteroatoms. The smallest absolute Gasteiger partial charge is 0.315 e. The third-order valence-corrected chi connectivity index (χ3v) is 3.53. The van der Waals surface area contributed by atoms with Gasteiger partial charge in [0.2, 0.25) is 0 Å². The van der Waals surface area contributed by atoms with Crippen molar-refractivity contribution in [3.63, 3.8) is 0 Å². The van der Waals surface area contributed by atoms with Gasteiger partial charge < -0.3 is 25.8 Å². The lowest BCUT2D eigenvalue weighted by Crippen LogP contribution is -2.39. The van der Waals surface area contributed by atoms with E-state index in [4.69, 9.17) is 4.74 Å². The fraction of sp³-hybridized carbons (Fsp3) is 0.263. The van der Waals surface area contributed by atoms with Crippen LogP contribution in [0.25, 0.3) is 0 Å². The number of hydrogen-bond donors (Lipinski definition) is 4. The molecule has 0 bridgehead atoms. The molecular formula is C19H23N3O4. The van der Waals surface area contributed by atoms with Crippen LogP contribution in [-0.4, -0.2) is 30.2 Å². The second kappa shape index (κ2) is 8.75. The van der Waals surface area contributed by atoms with Gasteiger partial charge in [0.25, 0.3) is 5.91 Å². The van der Waals surface area contributed by atoms with Crippen molar-refractivity contribution in [2.75, 3.05) is 12.4 Å². The highest BCUT2D eigenvalue weighted by Crippen LogP contribution is 2.28. The number of anilines is 1. The Kier molecular flexibility index (Phi) is 6.43. The number of benzene rings is 2. The highest BCUT2D eigenvalue weighted by molar-refractivity contribution is 6.04. The number of hydrogen-bond acceptors (Lipinski definition) is 4. The molecule has 0 aromatic heterocycles. The molecule has 2 aromatic rings. The monoisotopic (exact) mass is 357 g/mol. The molecule has 0 aliphatic heterocycles. The Hall–Kier alpha value is -3.22. The predicted octanol–water partition coefficient (Wildman–Crippen LogP) is 2.86. The zero-order chi connectivity index (χ0) is 19.1. The molecule has 0 saturated carbocycles. The van der Waals surface area contributed by atoms with E-state index in [1.807, 2.05) is 13.8 Å². The van der Waals surface area contributed by atoms with Gasteiger partial charge in [0.05, 0.1) is 7.11 Å². The number of urea groups is 1. The molecule has 2 aromatic carbocycles. The summed E-state index contributed by atoms with van der Waals surface area (Å²) in [6.07, 6.45) is 0. The highest BCUT2D eigenvalue weighted by Gasteiger charge is 2.09. The maximum Gasteiger partial charge on any atom is 0.315 e. The van der Waals surface area contributed by atoms with Crippen LogP contribution in [0.4, 0.5) is 10.5 Å². The lowest BCUT2D eigenvalue weighted by atomic mass is 10.1. The molecule has 138 valence electrons. The number of nitrogens with one attached hydrogen (secondary N) is 3. The van der Waals surface area contributed by atoms with E-state index in [1.54, 1.807) is 36.4 Å². The largest absolute Gasteiger partial charge is 0.504 e. The maximum absolute atomic E-state index is 12.3. The molecule has 0 fully saturated rings. The van der Waals surface area contributed by atoms with Crippen molar-refractivity contribution < 1.29 is 19.4 Å². The number of phenolic OH excluding ortho intramolecular Hbond substituents is 1. The SMILES string of the molecule is COc1ccc(NC(=O)c2ccc(CNC(=O)NC(C)C)cc2)cc1O. The maximum atomic E-state index is 12.3. The Labute approximate surface area is 152 Å². The van der Waals surface area contributed by atoms with Gasteiger partial charge in [-0.15, -0.1) is 0 Å². The molecule has 0 aliphatic carbocycles. The molecule has 0 radical (unpaired) electrons. The standard InChI is InChI=1S/C19H23N3O4/c1-12(2)21-19(25)20-11-13-4-6-14(7-5-13)18(24)22-15-8-9-17(26-3)16(23)10-15/h4-10,12,23H,11H2,1-3H3,(H,22,24)(H2,20,21,25). The summed E-state index contributed by atoms with van der Waals surface area (Å²) in [6, 6.07) is 11.4. The lowest BCUT2D eigenvalue weighted by Gasteiger charge is -2.11. The van der Waals surface area contributed by atoms with Gasteiger partial charge >= 0.3 is 6.03 Å². The van der Waals surface area contributed by atoms with Crippen LogP contribution in [-0.2, 0) is 6.54 Å². The van der Waals surface area contributed by atoms with Crippen molar-refractivity contribution in [3.05, 3.63) is 53.6 Å². The van der Waals surface area contributed by atoms with Crippen molar-refractivity contribution >= 4 is 17.6 Å². The fourth-order valence-corrected chi connectivity index (χ4v) is 2.24. The molecule has 0 heterocycles. The average Bonchev–Trinajstić information content (AvgIpc) is 2.60. The summed E-state index contributed by atoms with van der Waals surface area (Å²) in [6.45, 7) is 4.14. The highest BCUT2D eigenvalue weighted by atomic mass is 16.5. The Balaban J connectivity index is 1.94. The van der Waals surface area contributed by atoms with Gasteiger partial charge in [-0.2, -0.15) is 0 Å². The first-order valence-electron chi connectivity index (χ1n) is 8.20. The topological polar surface area (TPSA) is 99.7 Å². The third kappa shape index (κ3) is 5.41. The first-order valence-corrected chi connectivity index (χ1v) is 8.20. The number of aromatic hydroxyl groups is 1. The van der Waals surface area contributed by atoms with Gasteiger partial charge in [-0.05, 0) is 43.7 Å². The van der Waals surface area contributed by atoms with E-state index >= 15 is 0 Å². The fourth-order valence-electron chi connectivity index (χ4n) is 2.24. The lowest BCUT2D eigenvalue weighted by molar-refractivity contribution is 0.102. The molecule has 0 aliphatic rings. The van der Waals surface area contributed by atoms with Crippen molar-refractivity contribution in [2.24, 2.45) is 0 Å². The van der Waals surface area contributed by atoms with Crippen LogP contribution in [0.3, 0.4) is 0 Å². The Bertz CT molecular complexity index is 773. The van der Waals surface area contributed by atoms with Crippen LogP contribution in [0.15, 0.2) is 42.5 Å². The van der Waals surface area contributed by atoms with Gasteiger partial charge in [-0.25, -0.2) is 4.79 Å². The minimum absolute atomic E-state index is 0.0496. The molecule has 26 heavy (non-hydrogen) atoms. The zero-order valence-corrected chi connectivity index (χ0v) is 15.0. The number of carbonyl (C=O) groups is 2. The molecule has 4 N–H and O–H groups in total. The Morgan fingerprint density at radius 2 is 1.81 bits per heavy atom. The second-order valence-corrected chi connectivity index (χ2v) is 6.02. The summed E-state index contributed by atoms with van der Waals surface area (Å²) in [5, 5.41) is 17.9. The number of amides is 3. The molecule has 0 saturated heterocycles. The summed E-state index contributed by atoms with van der Waals surface area (Å²) >= 11 is 0. The van der Waals surface area contributed by atoms with Gasteiger partial charge in [0.1, 0.15) is 0 Å². The van der Waals surface area contributed by atoms with E-state index in [0.717, 1.165) is 5.56 Å². The third-order valence-electron chi connectivity index (χ3n) is 3.53. The number of carbonyl (C=O) groups excluding carboxylic acids is 2. The summed E-state index contributed by atoms with van der Waals surface area (Å²) in [7, 11) is 1.45. The predicted molar refractivity (Wildman–Crippen MR) is 99.6 cm³/mol. The van der Waals surface area contributed by atoms with Gasteiger partial charge in [-0.1, -0.05) is 12.1 Å². The van der Waals surface area contributed by atoms with Crippen LogP contribution in [0.1, 0.15) is 29.8 Å². The van der Waals surface area contributed by atoms with Gasteiger partial charge in [0.15, 0.2) is 11.5 Å². The number of ether oxygens (including phenoxy) is 1. The summed E-state index contributed by atoms with van der Waals surface area (Å²) in [5.74, 6) is -0.0145. The molecule has 3 amide bonds. The number of phenols is 1. The minimum Gasteiger partial charge on any atom is -0.504 e. The van der Waals surface area contributed by atoms with E-state index in [-0.39, 0.29) is 23.7 Å². The van der Waals surface area contributed by atoms with Crippen LogP contribution >= 0.6 is 0 Å². The first-order chi connectivity index (χ1) is 12.4. The second-order valence-electron chi connectivity index (χ2n) is 6.02. The molecular weight excluding hydrogens is 334 g/mol. The summed E-state index contributed by atoms with van der Waals surface area (Å²) in [5.41, 5.74) is 1.81. The van der Waals surface area contributed by atoms with E-state index in [2.05, 4.69) is 16.0 Å². The van der Waals surface area contributed by atoms with Crippen LogP contribution in [0.2, 0.25) is 0 Å². The van der Waals surface area contributed by atoms with Crippen LogP contribution < -0.4 is 20.7 Å². The van der Waals surface area contributed by atoms with Crippen molar-refractivity contribution in [1.29, 1.82) is 0 Å². The normalized spacial score (nSPS) is 10.3. The van der Waals surface area contributed by atoms with Gasteiger partial charge in [0, 0.05) is 29.9 Å². The van der Waals surface area contributed by atoms with Crippen molar-refractivity contribution in [2.45, 2.75) is 26.4 Å². The van der Waals surface area contributed by atoms with E-state index in [0.29, 0.717) is 23.5 Å². The zero-order valence-electron chi connectivity index (χ0n) is 15.0. The quantitative estimate of drug-likeness (QED) is 0.639.